The average Bonchev–Trinajstić information content (AvgIpc) is 2.79. The summed E-state index contributed by atoms with van der Waals surface area (Å²) >= 11 is 5.96. The molecule has 8 nitrogen and oxygen atoms in total. The van der Waals surface area contributed by atoms with Crippen LogP contribution in [0, 0.1) is 0 Å². The van der Waals surface area contributed by atoms with Crippen LogP contribution in [0.1, 0.15) is 72.3 Å². The maximum Gasteiger partial charge on any atom is 0.328 e. The monoisotopic (exact) mass is 496 g/mol. The van der Waals surface area contributed by atoms with E-state index in [1.165, 1.54) is 0 Å². The second kappa shape index (κ2) is 14.6. The highest BCUT2D eigenvalue weighted by Gasteiger charge is 2.34. The molecular formula is C25H37ClN2O6. The number of nitrogens with one attached hydrogen (secondary N) is 2. The molecule has 0 spiro atoms. The molecule has 1 aromatic carbocycles. The molecule has 0 fully saturated rings. The van der Waals surface area contributed by atoms with Crippen molar-refractivity contribution in [2.75, 3.05) is 13.2 Å². The minimum Gasteiger partial charge on any atom is -0.466 e. The second-order valence-electron chi connectivity index (χ2n) is 8.46. The van der Waals surface area contributed by atoms with E-state index in [2.05, 4.69) is 10.6 Å². The molecule has 1 rings (SSSR count). The smallest absolute Gasteiger partial charge is 0.328 e. The molecule has 2 atom stereocenters. The summed E-state index contributed by atoms with van der Waals surface area (Å²) in [4.78, 5) is 50.4. The van der Waals surface area contributed by atoms with Gasteiger partial charge in [0.2, 0.25) is 11.8 Å². The molecule has 0 saturated heterocycles. The predicted octanol–water partition coefficient (Wildman–Crippen LogP) is 3.68. The number of carbonyl (C=O) groups excluding carboxylic acids is 4. The minimum absolute atomic E-state index is 0.0358. The quantitative estimate of drug-likeness (QED) is 0.380. The fraction of sp³-hybridized carbons (Fsp3) is 0.600. The average molecular weight is 497 g/mol. The number of carbonyl (C=O) groups is 4. The van der Waals surface area contributed by atoms with Crippen LogP contribution in [0.2, 0.25) is 5.02 Å². The normalized spacial score (nSPS) is 12.9. The van der Waals surface area contributed by atoms with Crippen LogP contribution in [0.5, 0.6) is 0 Å². The Balaban J connectivity index is 2.98. The van der Waals surface area contributed by atoms with Gasteiger partial charge in [-0.2, -0.15) is 0 Å². The molecule has 190 valence electrons. The summed E-state index contributed by atoms with van der Waals surface area (Å²) in [6.45, 7) is 9.22. The van der Waals surface area contributed by atoms with E-state index in [9.17, 15) is 19.2 Å². The zero-order valence-corrected chi connectivity index (χ0v) is 21.5. The van der Waals surface area contributed by atoms with Gasteiger partial charge in [-0.25, -0.2) is 4.79 Å². The van der Waals surface area contributed by atoms with Crippen molar-refractivity contribution in [2.24, 2.45) is 0 Å². The van der Waals surface area contributed by atoms with Gasteiger partial charge in [-0.05, 0) is 58.2 Å². The van der Waals surface area contributed by atoms with Gasteiger partial charge >= 0.3 is 11.9 Å². The fourth-order valence-corrected chi connectivity index (χ4v) is 3.40. The van der Waals surface area contributed by atoms with Crippen molar-refractivity contribution >= 4 is 35.4 Å². The van der Waals surface area contributed by atoms with Crippen LogP contribution in [0.25, 0.3) is 0 Å². The first-order chi connectivity index (χ1) is 16.1. The van der Waals surface area contributed by atoms with Crippen molar-refractivity contribution in [1.82, 2.24) is 10.6 Å². The SMILES string of the molecule is CCCC[C@H](NC(=O)C(C)(C)c1ccc(Cl)cc1)C(=O)N[C@H](CCC(=O)OCC)C(=O)OCC. The zero-order valence-electron chi connectivity index (χ0n) is 20.7. The Hall–Kier alpha value is -2.61. The van der Waals surface area contributed by atoms with Gasteiger partial charge in [-0.3, -0.25) is 14.4 Å². The first-order valence-electron chi connectivity index (χ1n) is 11.8. The molecule has 1 aromatic rings. The Bertz CT molecular complexity index is 825. The third-order valence-corrected chi connectivity index (χ3v) is 5.68. The summed E-state index contributed by atoms with van der Waals surface area (Å²) in [6.07, 6.45) is 1.91. The maximum atomic E-state index is 13.2. The molecule has 34 heavy (non-hydrogen) atoms. The number of ether oxygens (including phenoxy) is 2. The van der Waals surface area contributed by atoms with Gasteiger partial charge in [0.15, 0.2) is 0 Å². The molecule has 0 bridgehead atoms. The van der Waals surface area contributed by atoms with E-state index in [0.717, 1.165) is 12.0 Å². The Kier molecular flexibility index (Phi) is 12.6. The van der Waals surface area contributed by atoms with Gasteiger partial charge in [-0.15, -0.1) is 0 Å². The van der Waals surface area contributed by atoms with Gasteiger partial charge in [-0.1, -0.05) is 43.5 Å². The van der Waals surface area contributed by atoms with Crippen molar-refractivity contribution in [3.63, 3.8) is 0 Å². The molecule has 0 aliphatic heterocycles. The van der Waals surface area contributed by atoms with E-state index < -0.39 is 35.3 Å². The van der Waals surface area contributed by atoms with Gasteiger partial charge in [0.05, 0.1) is 18.6 Å². The number of hydrogen-bond acceptors (Lipinski definition) is 6. The summed E-state index contributed by atoms with van der Waals surface area (Å²) in [5.74, 6) is -1.94. The highest BCUT2D eigenvalue weighted by molar-refractivity contribution is 6.30. The molecule has 0 saturated carbocycles. The van der Waals surface area contributed by atoms with E-state index in [-0.39, 0.29) is 32.0 Å². The topological polar surface area (TPSA) is 111 Å². The summed E-state index contributed by atoms with van der Waals surface area (Å²) in [5.41, 5.74) is -0.164. The zero-order chi connectivity index (χ0) is 25.7. The van der Waals surface area contributed by atoms with Crippen molar-refractivity contribution in [3.05, 3.63) is 34.9 Å². The van der Waals surface area contributed by atoms with Crippen molar-refractivity contribution in [2.45, 2.75) is 84.2 Å². The number of hydrogen-bond donors (Lipinski definition) is 2. The van der Waals surface area contributed by atoms with E-state index in [0.29, 0.717) is 17.9 Å². The lowest BCUT2D eigenvalue weighted by molar-refractivity contribution is -0.149. The van der Waals surface area contributed by atoms with Gasteiger partial charge in [0.25, 0.3) is 0 Å². The van der Waals surface area contributed by atoms with Crippen molar-refractivity contribution in [1.29, 1.82) is 0 Å². The Labute approximate surface area is 207 Å². The van der Waals surface area contributed by atoms with Gasteiger partial charge in [0, 0.05) is 11.4 Å². The number of unbranched alkanes of at least 4 members (excludes halogenated alkanes) is 1. The molecule has 0 aromatic heterocycles. The van der Waals surface area contributed by atoms with E-state index >= 15 is 0 Å². The molecule has 0 aliphatic carbocycles. The van der Waals surface area contributed by atoms with Gasteiger partial charge in [0.1, 0.15) is 12.1 Å². The summed E-state index contributed by atoms with van der Waals surface area (Å²) in [6, 6.07) is 5.09. The summed E-state index contributed by atoms with van der Waals surface area (Å²) in [7, 11) is 0. The highest BCUT2D eigenvalue weighted by atomic mass is 35.5. The fourth-order valence-electron chi connectivity index (χ4n) is 3.27. The number of amides is 2. The number of esters is 2. The van der Waals surface area contributed by atoms with Crippen LogP contribution in [-0.4, -0.2) is 49.1 Å². The summed E-state index contributed by atoms with van der Waals surface area (Å²) in [5, 5.41) is 6.06. The van der Waals surface area contributed by atoms with E-state index in [1.807, 2.05) is 6.92 Å². The molecule has 0 heterocycles. The van der Waals surface area contributed by atoms with Crippen LogP contribution in [0.15, 0.2) is 24.3 Å². The second-order valence-corrected chi connectivity index (χ2v) is 8.89. The molecule has 0 aliphatic rings. The summed E-state index contributed by atoms with van der Waals surface area (Å²) < 4.78 is 9.96. The predicted molar refractivity (Wildman–Crippen MR) is 130 cm³/mol. The van der Waals surface area contributed by atoms with Crippen LogP contribution >= 0.6 is 11.6 Å². The van der Waals surface area contributed by atoms with Crippen LogP contribution in [-0.2, 0) is 34.1 Å². The van der Waals surface area contributed by atoms with Crippen LogP contribution in [0.3, 0.4) is 0 Å². The Morgan fingerprint density at radius 1 is 0.912 bits per heavy atom. The molecule has 9 heteroatoms. The van der Waals surface area contributed by atoms with E-state index in [1.54, 1.807) is 52.0 Å². The Morgan fingerprint density at radius 3 is 2.09 bits per heavy atom. The lowest BCUT2D eigenvalue weighted by Crippen LogP contribution is -2.54. The largest absolute Gasteiger partial charge is 0.466 e. The van der Waals surface area contributed by atoms with E-state index in [4.69, 9.17) is 21.1 Å². The molecule has 2 N–H and O–H groups in total. The van der Waals surface area contributed by atoms with Gasteiger partial charge < -0.3 is 20.1 Å². The third kappa shape index (κ3) is 9.33. The Morgan fingerprint density at radius 2 is 1.53 bits per heavy atom. The van der Waals surface area contributed by atoms with Crippen LogP contribution < -0.4 is 10.6 Å². The third-order valence-electron chi connectivity index (χ3n) is 5.43. The highest BCUT2D eigenvalue weighted by Crippen LogP contribution is 2.25. The standard InChI is InChI=1S/C25H37ClN2O6/c1-6-9-10-19(28-24(32)25(4,5)17-11-13-18(26)14-12-17)22(30)27-20(23(31)34-8-3)15-16-21(29)33-7-2/h11-14,19-20H,6-10,15-16H2,1-5H3,(H,27,30)(H,28,32)/t19-,20+/m0/s1. The number of halogens is 1. The van der Waals surface area contributed by atoms with Crippen LogP contribution in [0.4, 0.5) is 0 Å². The number of rotatable bonds is 14. The number of benzene rings is 1. The lowest BCUT2D eigenvalue weighted by atomic mass is 9.83. The van der Waals surface area contributed by atoms with Crippen molar-refractivity contribution in [3.8, 4) is 0 Å². The lowest BCUT2D eigenvalue weighted by Gasteiger charge is -2.28. The molecule has 2 amide bonds. The minimum atomic E-state index is -1.03. The molecular weight excluding hydrogens is 460 g/mol. The molecule has 0 radical (unpaired) electrons. The molecule has 0 unspecified atom stereocenters. The first kappa shape index (κ1) is 29.4. The first-order valence-corrected chi connectivity index (χ1v) is 12.1. The van der Waals surface area contributed by atoms with Crippen molar-refractivity contribution < 1.29 is 28.7 Å². The maximum absolute atomic E-state index is 13.2.